The van der Waals surface area contributed by atoms with Gasteiger partial charge in [-0.25, -0.2) is 0 Å². The van der Waals surface area contributed by atoms with E-state index in [-0.39, 0.29) is 0 Å². The van der Waals surface area contributed by atoms with Crippen LogP contribution in [0.25, 0.3) is 44.3 Å². The highest BCUT2D eigenvalue weighted by atomic mass is 32.1. The summed E-state index contributed by atoms with van der Waals surface area (Å²) in [7, 11) is 0. The van der Waals surface area contributed by atoms with Crippen molar-refractivity contribution >= 4 is 45.5 Å². The molecule has 6 nitrogen and oxygen atoms in total. The minimum atomic E-state index is 0.476. The van der Waals surface area contributed by atoms with Gasteiger partial charge in [-0.2, -0.15) is 17.5 Å². The maximum absolute atomic E-state index is 5.86. The highest BCUT2D eigenvalue weighted by molar-refractivity contribution is 7.00. The first-order valence-corrected chi connectivity index (χ1v) is 12.8. The fourth-order valence-corrected chi connectivity index (χ4v) is 4.89. The van der Waals surface area contributed by atoms with E-state index in [0.717, 1.165) is 55.8 Å². The summed E-state index contributed by atoms with van der Waals surface area (Å²) in [6, 6.07) is 16.2. The van der Waals surface area contributed by atoms with Crippen LogP contribution in [0.1, 0.15) is 27.7 Å². The molecule has 0 fully saturated rings. The van der Waals surface area contributed by atoms with Gasteiger partial charge in [0.2, 0.25) is 0 Å². The van der Waals surface area contributed by atoms with Crippen molar-refractivity contribution in [2.24, 2.45) is 11.8 Å². The van der Waals surface area contributed by atoms with Crippen molar-refractivity contribution in [3.63, 3.8) is 0 Å². The number of nitrogens with zero attached hydrogens (tertiary/aromatic N) is 4. The van der Waals surface area contributed by atoms with Crippen LogP contribution >= 0.6 is 23.5 Å². The molecule has 0 spiro atoms. The molecule has 2 aromatic heterocycles. The van der Waals surface area contributed by atoms with Gasteiger partial charge in [-0.1, -0.05) is 52.0 Å². The van der Waals surface area contributed by atoms with Crippen LogP contribution in [0.5, 0.6) is 11.5 Å². The molecule has 0 radical (unpaired) electrons. The van der Waals surface area contributed by atoms with E-state index in [9.17, 15) is 0 Å². The number of rotatable bonds is 8. The minimum absolute atomic E-state index is 0.476. The van der Waals surface area contributed by atoms with Crippen molar-refractivity contribution in [2.45, 2.75) is 27.7 Å². The fraction of sp³-hybridized carbons (Fsp3) is 0.308. The Balaban J connectivity index is 1.57. The topological polar surface area (TPSA) is 71.2 Å². The van der Waals surface area contributed by atoms with Crippen LogP contribution in [0.3, 0.4) is 0 Å². The molecule has 8 heteroatoms. The first kappa shape index (κ1) is 22.7. The van der Waals surface area contributed by atoms with Gasteiger partial charge in [-0.05, 0) is 47.2 Å². The molecule has 174 valence electrons. The lowest BCUT2D eigenvalue weighted by Crippen LogP contribution is -2.04. The van der Waals surface area contributed by atoms with Crippen LogP contribution in [0.4, 0.5) is 0 Å². The molecular formula is C26H26N4O2S2. The lowest BCUT2D eigenvalue weighted by atomic mass is 9.95. The van der Waals surface area contributed by atoms with E-state index in [2.05, 4.69) is 69.5 Å². The van der Waals surface area contributed by atoms with Crippen molar-refractivity contribution < 1.29 is 9.47 Å². The average Bonchev–Trinajstić information content (AvgIpc) is 3.51. The van der Waals surface area contributed by atoms with Gasteiger partial charge in [-0.3, -0.25) is 0 Å². The van der Waals surface area contributed by atoms with Crippen molar-refractivity contribution in [3.05, 3.63) is 48.5 Å². The summed E-state index contributed by atoms with van der Waals surface area (Å²) in [6.07, 6.45) is 0. The molecule has 5 rings (SSSR count). The van der Waals surface area contributed by atoms with Crippen LogP contribution < -0.4 is 13.8 Å². The minimum Gasteiger partial charge on any atom is -0.493 e. The van der Waals surface area contributed by atoms with E-state index < -0.39 is 0 Å². The van der Waals surface area contributed by atoms with Gasteiger partial charge < -0.3 is 9.47 Å². The molecule has 34 heavy (non-hydrogen) atoms. The summed E-state index contributed by atoms with van der Waals surface area (Å²) < 4.78 is 30.4. The van der Waals surface area contributed by atoms with E-state index in [4.69, 9.17) is 9.47 Å². The highest BCUT2D eigenvalue weighted by Gasteiger charge is 2.21. The van der Waals surface area contributed by atoms with E-state index in [1.165, 1.54) is 23.5 Å². The molecule has 2 heterocycles. The number of hydrogen-bond acceptors (Lipinski definition) is 6. The van der Waals surface area contributed by atoms with Crippen LogP contribution in [0.2, 0.25) is 0 Å². The smallest absolute Gasteiger partial charge is 0.279 e. The van der Waals surface area contributed by atoms with Crippen molar-refractivity contribution in [3.8, 4) is 33.8 Å². The number of aromatic nitrogens is 4. The predicted octanol–water partition coefficient (Wildman–Crippen LogP) is 6.94. The second-order valence-corrected chi connectivity index (χ2v) is 10.2. The lowest BCUT2D eigenvalue weighted by molar-refractivity contribution is 0.271. The number of fused-ring (bicyclic) bond motifs is 2. The molecule has 5 aromatic rings. The quantitative estimate of drug-likeness (QED) is 0.219. The highest BCUT2D eigenvalue weighted by Crippen LogP contribution is 2.42. The second-order valence-electron chi connectivity index (χ2n) is 9.13. The third kappa shape index (κ3) is 4.48. The molecule has 0 unspecified atom stereocenters. The first-order valence-electron chi connectivity index (χ1n) is 11.4. The summed E-state index contributed by atoms with van der Waals surface area (Å²) in [5.41, 5.74) is 7.35. The Morgan fingerprint density at radius 3 is 1.76 bits per heavy atom. The maximum atomic E-state index is 5.86. The molecule has 0 atom stereocenters. The van der Waals surface area contributed by atoms with E-state index in [1.807, 2.05) is 24.3 Å². The molecule has 0 aliphatic heterocycles. The predicted molar refractivity (Wildman–Crippen MR) is 140 cm³/mol. The zero-order valence-corrected chi connectivity index (χ0v) is 21.2. The van der Waals surface area contributed by atoms with Gasteiger partial charge in [0.15, 0.2) is 0 Å². The Labute approximate surface area is 207 Å². The van der Waals surface area contributed by atoms with Crippen LogP contribution in [0, 0.1) is 11.8 Å². The third-order valence-electron chi connectivity index (χ3n) is 5.38. The van der Waals surface area contributed by atoms with Crippen LogP contribution in [0.15, 0.2) is 48.5 Å². The Morgan fingerprint density at radius 1 is 0.735 bits per heavy atom. The number of ether oxygens (including phenoxy) is 2. The largest absolute Gasteiger partial charge is 0.493 e. The van der Waals surface area contributed by atoms with Gasteiger partial charge in [-0.15, -0.1) is 0 Å². The van der Waals surface area contributed by atoms with E-state index in [1.54, 1.807) is 0 Å². The zero-order valence-electron chi connectivity index (χ0n) is 19.6. The van der Waals surface area contributed by atoms with Crippen molar-refractivity contribution in [2.75, 3.05) is 13.2 Å². The first-order chi connectivity index (χ1) is 16.5. The van der Waals surface area contributed by atoms with Crippen molar-refractivity contribution in [1.29, 1.82) is 0 Å². The molecule has 0 saturated carbocycles. The average molecular weight is 491 g/mol. The Morgan fingerprint density at radius 2 is 1.24 bits per heavy atom. The molecule has 0 aliphatic rings. The summed E-state index contributed by atoms with van der Waals surface area (Å²) in [5, 5.41) is 0. The molecule has 3 aromatic carbocycles. The summed E-state index contributed by atoms with van der Waals surface area (Å²) in [4.78, 5) is 0. The molecule has 0 amide bonds. The standard InChI is InChI=1S/C26H26N4O2S2/c1-15(2)13-31-19-9-5-17(6-10-19)21-23-25(29-33-27-23)22(26-24(21)28-34-30-26)18-7-11-20(12-8-18)32-14-16(3)4/h5-12,15-16H,13-14H2,1-4H3. The van der Waals surface area contributed by atoms with E-state index in [0.29, 0.717) is 25.0 Å². The van der Waals surface area contributed by atoms with Gasteiger partial charge in [0.25, 0.3) is 11.7 Å². The van der Waals surface area contributed by atoms with Gasteiger partial charge in [0.1, 0.15) is 22.5 Å². The summed E-state index contributed by atoms with van der Waals surface area (Å²) >= 11 is 2.42. The summed E-state index contributed by atoms with van der Waals surface area (Å²) in [5.74, 6) is 2.66. The molecule has 0 aliphatic carbocycles. The van der Waals surface area contributed by atoms with Gasteiger partial charge in [0.05, 0.1) is 24.9 Å². The number of hydrogen-bond donors (Lipinski definition) is 0. The molecule has 0 bridgehead atoms. The molecular weight excluding hydrogens is 464 g/mol. The Bertz CT molecular complexity index is 1250. The number of benzene rings is 3. The van der Waals surface area contributed by atoms with Crippen molar-refractivity contribution in [1.82, 2.24) is 17.5 Å². The normalized spacial score (nSPS) is 11.7. The van der Waals surface area contributed by atoms with Crippen LogP contribution in [-0.4, -0.2) is 26.3 Å². The lowest BCUT2D eigenvalue weighted by Gasteiger charge is -2.13. The monoisotopic (exact) mass is 490 g/mol. The Kier molecular flexibility index (Phi) is 6.43. The van der Waals surface area contributed by atoms with Gasteiger partial charge >= 0.3 is 0 Å². The fourth-order valence-electron chi connectivity index (χ4n) is 3.77. The Hall–Kier alpha value is -3.10. The van der Waals surface area contributed by atoms with Gasteiger partial charge in [0, 0.05) is 22.2 Å². The SMILES string of the molecule is CC(C)COc1ccc(-c2c3nsnc3c(-c3ccc(OCC(C)C)cc3)c3[n-][s+]nc23)cc1. The van der Waals surface area contributed by atoms with E-state index >= 15 is 0 Å². The zero-order chi connectivity index (χ0) is 23.7. The van der Waals surface area contributed by atoms with Crippen LogP contribution in [-0.2, 0) is 0 Å². The summed E-state index contributed by atoms with van der Waals surface area (Å²) in [6.45, 7) is 9.94. The maximum Gasteiger partial charge on any atom is 0.279 e. The second kappa shape index (κ2) is 9.64. The third-order valence-corrected chi connectivity index (χ3v) is 6.43. The molecule has 0 N–H and O–H groups in total. The molecule has 0 saturated heterocycles.